The third-order valence-corrected chi connectivity index (χ3v) is 4.77. The quantitative estimate of drug-likeness (QED) is 0.796. The van der Waals surface area contributed by atoms with Crippen molar-refractivity contribution in [3.8, 4) is 6.07 Å². The molecule has 1 aliphatic carbocycles. The second kappa shape index (κ2) is 6.54. The first-order valence-electron chi connectivity index (χ1n) is 7.69. The summed E-state index contributed by atoms with van der Waals surface area (Å²) in [6.45, 7) is -0.406. The fraction of sp³-hybridized carbons (Fsp3) is 0.375. The van der Waals surface area contributed by atoms with Gasteiger partial charge in [-0.25, -0.2) is 19.4 Å². The van der Waals surface area contributed by atoms with Gasteiger partial charge < -0.3 is 5.32 Å². The third-order valence-electron chi connectivity index (χ3n) is 4.33. The standard InChI is InChI=1S/C16H14Cl2N4O3/c17-10-5-11(18)7-12(6-10)22-13(23)8-21(15(22)25)14(24)20-16(9-19)3-1-2-4-16/h5-7H,1-4,8H2,(H,20,24). The number of nitrogens with one attached hydrogen (secondary N) is 1. The van der Waals surface area contributed by atoms with Gasteiger partial charge in [0.15, 0.2) is 0 Å². The van der Waals surface area contributed by atoms with Crippen molar-refractivity contribution in [3.05, 3.63) is 28.2 Å². The van der Waals surface area contributed by atoms with Crippen LogP contribution >= 0.6 is 23.2 Å². The Balaban J connectivity index is 1.81. The number of hydrogen-bond acceptors (Lipinski definition) is 4. The lowest BCUT2D eigenvalue weighted by atomic mass is 10.0. The van der Waals surface area contributed by atoms with Crippen LogP contribution in [0.25, 0.3) is 0 Å². The van der Waals surface area contributed by atoms with E-state index in [0.29, 0.717) is 12.8 Å². The van der Waals surface area contributed by atoms with Gasteiger partial charge in [0.2, 0.25) is 0 Å². The Labute approximate surface area is 154 Å². The van der Waals surface area contributed by atoms with Gasteiger partial charge in [0.05, 0.1) is 11.8 Å². The van der Waals surface area contributed by atoms with Crippen LogP contribution in [0.1, 0.15) is 25.7 Å². The second-order valence-electron chi connectivity index (χ2n) is 6.06. The van der Waals surface area contributed by atoms with Crippen molar-refractivity contribution >= 4 is 46.9 Å². The highest BCUT2D eigenvalue weighted by Gasteiger charge is 2.44. The van der Waals surface area contributed by atoms with E-state index in [-0.39, 0.29) is 15.7 Å². The van der Waals surface area contributed by atoms with Gasteiger partial charge in [0, 0.05) is 10.0 Å². The number of anilines is 1. The fourth-order valence-electron chi connectivity index (χ4n) is 3.10. The number of hydrogen-bond donors (Lipinski definition) is 1. The van der Waals surface area contributed by atoms with E-state index >= 15 is 0 Å². The average Bonchev–Trinajstić information content (AvgIpc) is 3.11. The van der Waals surface area contributed by atoms with Crippen LogP contribution in [-0.2, 0) is 4.79 Å². The zero-order valence-electron chi connectivity index (χ0n) is 13.1. The molecule has 130 valence electrons. The molecule has 0 atom stereocenters. The maximum Gasteiger partial charge on any atom is 0.340 e. The summed E-state index contributed by atoms with van der Waals surface area (Å²) in [6, 6.07) is 4.86. The zero-order valence-corrected chi connectivity index (χ0v) is 14.6. The van der Waals surface area contributed by atoms with Gasteiger partial charge in [-0.05, 0) is 43.9 Å². The molecule has 1 N–H and O–H groups in total. The molecular formula is C16H14Cl2N4O3. The van der Waals surface area contributed by atoms with Crippen LogP contribution in [0.5, 0.6) is 0 Å². The number of carbonyl (C=O) groups is 3. The highest BCUT2D eigenvalue weighted by molar-refractivity contribution is 6.35. The van der Waals surface area contributed by atoms with E-state index in [1.54, 1.807) is 0 Å². The smallest absolute Gasteiger partial charge is 0.319 e. The maximum atomic E-state index is 12.5. The molecule has 1 heterocycles. The SMILES string of the molecule is N#CC1(NC(=O)N2CC(=O)N(c3cc(Cl)cc(Cl)c3)C2=O)CCCC1. The van der Waals surface area contributed by atoms with E-state index in [2.05, 4.69) is 11.4 Å². The van der Waals surface area contributed by atoms with Gasteiger partial charge in [-0.1, -0.05) is 23.2 Å². The van der Waals surface area contributed by atoms with Crippen molar-refractivity contribution in [2.45, 2.75) is 31.2 Å². The summed E-state index contributed by atoms with van der Waals surface area (Å²) >= 11 is 11.8. The first-order valence-corrected chi connectivity index (χ1v) is 8.45. The summed E-state index contributed by atoms with van der Waals surface area (Å²) < 4.78 is 0. The van der Waals surface area contributed by atoms with Crippen LogP contribution in [0, 0.1) is 11.3 Å². The van der Waals surface area contributed by atoms with E-state index in [1.165, 1.54) is 18.2 Å². The molecule has 1 aromatic rings. The molecule has 9 heteroatoms. The Morgan fingerprint density at radius 2 is 1.76 bits per heavy atom. The van der Waals surface area contributed by atoms with Crippen molar-refractivity contribution in [2.75, 3.05) is 11.4 Å². The van der Waals surface area contributed by atoms with E-state index < -0.39 is 30.1 Å². The molecule has 1 aromatic carbocycles. The number of nitrogens with zero attached hydrogens (tertiary/aromatic N) is 3. The number of benzene rings is 1. The van der Waals surface area contributed by atoms with E-state index in [1.807, 2.05) is 0 Å². The Kier molecular flexibility index (Phi) is 4.58. The van der Waals surface area contributed by atoms with Gasteiger partial charge in [-0.2, -0.15) is 5.26 Å². The normalized spacial score (nSPS) is 19.2. The summed E-state index contributed by atoms with van der Waals surface area (Å²) in [7, 11) is 0. The van der Waals surface area contributed by atoms with Crippen molar-refractivity contribution in [2.24, 2.45) is 0 Å². The zero-order chi connectivity index (χ0) is 18.2. The summed E-state index contributed by atoms with van der Waals surface area (Å²) in [5.41, 5.74) is -0.786. The molecule has 0 radical (unpaired) electrons. The van der Waals surface area contributed by atoms with Crippen molar-refractivity contribution in [1.82, 2.24) is 10.2 Å². The number of halogens is 2. The monoisotopic (exact) mass is 380 g/mol. The largest absolute Gasteiger partial charge is 0.340 e. The number of rotatable bonds is 2. The molecule has 1 saturated carbocycles. The summed E-state index contributed by atoms with van der Waals surface area (Å²) in [5, 5.41) is 12.5. The minimum absolute atomic E-state index is 0.193. The summed E-state index contributed by atoms with van der Waals surface area (Å²) in [5.74, 6) is -0.573. The van der Waals surface area contributed by atoms with E-state index in [4.69, 9.17) is 23.2 Å². The highest BCUT2D eigenvalue weighted by atomic mass is 35.5. The maximum absolute atomic E-state index is 12.5. The fourth-order valence-corrected chi connectivity index (χ4v) is 3.61. The number of urea groups is 2. The predicted molar refractivity (Wildman–Crippen MR) is 91.4 cm³/mol. The van der Waals surface area contributed by atoms with Gasteiger partial charge >= 0.3 is 12.1 Å². The van der Waals surface area contributed by atoms with Crippen molar-refractivity contribution in [3.63, 3.8) is 0 Å². The summed E-state index contributed by atoms with van der Waals surface area (Å²) in [6.07, 6.45) is 2.71. The molecule has 0 unspecified atom stereocenters. The van der Waals surface area contributed by atoms with E-state index in [9.17, 15) is 19.6 Å². The van der Waals surface area contributed by atoms with Gasteiger partial charge in [-0.15, -0.1) is 0 Å². The lowest BCUT2D eigenvalue weighted by Gasteiger charge is -2.25. The van der Waals surface area contributed by atoms with E-state index in [0.717, 1.165) is 22.6 Å². The third kappa shape index (κ3) is 3.28. The number of carbonyl (C=O) groups excluding carboxylic acids is 3. The molecular weight excluding hydrogens is 367 g/mol. The molecule has 0 bridgehead atoms. The Morgan fingerprint density at radius 3 is 2.32 bits per heavy atom. The minimum Gasteiger partial charge on any atom is -0.319 e. The van der Waals surface area contributed by atoms with Gasteiger partial charge in [0.1, 0.15) is 12.1 Å². The Bertz CT molecular complexity index is 779. The molecule has 25 heavy (non-hydrogen) atoms. The van der Waals surface area contributed by atoms with Gasteiger partial charge in [-0.3, -0.25) is 4.79 Å². The number of amides is 5. The van der Waals surface area contributed by atoms with Crippen molar-refractivity contribution in [1.29, 1.82) is 5.26 Å². The first kappa shape index (κ1) is 17.5. The number of nitriles is 1. The van der Waals surface area contributed by atoms with Crippen LogP contribution in [0.15, 0.2) is 18.2 Å². The molecule has 5 amide bonds. The molecule has 0 spiro atoms. The van der Waals surface area contributed by atoms with Crippen LogP contribution < -0.4 is 10.2 Å². The average molecular weight is 381 g/mol. The molecule has 2 fully saturated rings. The van der Waals surface area contributed by atoms with Crippen LogP contribution in [-0.4, -0.2) is 35.0 Å². The molecule has 0 aromatic heterocycles. The van der Waals surface area contributed by atoms with Crippen LogP contribution in [0.2, 0.25) is 10.0 Å². The van der Waals surface area contributed by atoms with Crippen LogP contribution in [0.3, 0.4) is 0 Å². The minimum atomic E-state index is -0.979. The van der Waals surface area contributed by atoms with Crippen LogP contribution in [0.4, 0.5) is 15.3 Å². The van der Waals surface area contributed by atoms with Gasteiger partial charge in [0.25, 0.3) is 5.91 Å². The number of imide groups is 2. The lowest BCUT2D eigenvalue weighted by molar-refractivity contribution is -0.116. The van der Waals surface area contributed by atoms with Crippen molar-refractivity contribution < 1.29 is 14.4 Å². The second-order valence-corrected chi connectivity index (χ2v) is 6.93. The predicted octanol–water partition coefficient (Wildman–Crippen LogP) is 3.31. The highest BCUT2D eigenvalue weighted by Crippen LogP contribution is 2.31. The molecule has 7 nitrogen and oxygen atoms in total. The first-order chi connectivity index (χ1) is 11.8. The lowest BCUT2D eigenvalue weighted by Crippen LogP contribution is -2.52. The summed E-state index contributed by atoms with van der Waals surface area (Å²) in [4.78, 5) is 38.9. The molecule has 1 saturated heterocycles. The topological polar surface area (TPSA) is 93.5 Å². The Morgan fingerprint density at radius 1 is 1.16 bits per heavy atom. The molecule has 1 aliphatic heterocycles. The molecule has 2 aliphatic rings. The molecule has 3 rings (SSSR count). The Hall–Kier alpha value is -2.30.